The van der Waals surface area contributed by atoms with Gasteiger partial charge in [0.05, 0.1) is 17.8 Å². The minimum atomic E-state index is -0.398. The maximum atomic E-state index is 12.0. The summed E-state index contributed by atoms with van der Waals surface area (Å²) in [5.74, 6) is 0.527. The number of nitrogens with one attached hydrogen (secondary N) is 1. The molecule has 144 valence electrons. The smallest absolute Gasteiger partial charge is 0.277 e. The Bertz CT molecular complexity index is 1050. The third-order valence-corrected chi connectivity index (χ3v) is 5.16. The maximum absolute atomic E-state index is 12.0. The Morgan fingerprint density at radius 3 is 2.75 bits per heavy atom. The first kappa shape index (κ1) is 20.2. The van der Waals surface area contributed by atoms with Crippen LogP contribution in [-0.2, 0) is 4.79 Å². The lowest BCUT2D eigenvalue weighted by molar-refractivity contribution is -0.123. The van der Waals surface area contributed by atoms with Crippen LogP contribution in [-0.4, -0.2) is 30.9 Å². The Balaban J connectivity index is 1.59. The van der Waals surface area contributed by atoms with Gasteiger partial charge in [-0.3, -0.25) is 4.79 Å². The minimum absolute atomic E-state index is 0.0328. The van der Waals surface area contributed by atoms with Crippen LogP contribution in [0.2, 0.25) is 0 Å². The Labute approximate surface area is 178 Å². The monoisotopic (exact) mass is 506 g/mol. The first-order valence-corrected chi connectivity index (χ1v) is 9.76. The Morgan fingerprint density at radius 1 is 1.14 bits per heavy atom. The van der Waals surface area contributed by atoms with E-state index in [9.17, 15) is 9.90 Å². The first-order valence-electron chi connectivity index (χ1n) is 8.17. The highest BCUT2D eigenvalue weighted by Crippen LogP contribution is 2.34. The number of benzene rings is 3. The van der Waals surface area contributed by atoms with E-state index in [4.69, 9.17) is 9.47 Å². The van der Waals surface area contributed by atoms with Gasteiger partial charge in [0.15, 0.2) is 18.1 Å². The normalized spacial score (nSPS) is 11.0. The van der Waals surface area contributed by atoms with Crippen molar-refractivity contribution in [2.75, 3.05) is 13.7 Å². The van der Waals surface area contributed by atoms with E-state index in [0.29, 0.717) is 17.1 Å². The largest absolute Gasteiger partial charge is 0.504 e. The fourth-order valence-corrected chi connectivity index (χ4v) is 3.47. The van der Waals surface area contributed by atoms with Crippen molar-refractivity contribution >= 4 is 54.8 Å². The number of methoxy groups -OCH3 is 1. The van der Waals surface area contributed by atoms with Gasteiger partial charge in [0.1, 0.15) is 5.75 Å². The summed E-state index contributed by atoms with van der Waals surface area (Å²) >= 11 is 6.97. The lowest BCUT2D eigenvalue weighted by Gasteiger charge is -2.10. The number of ether oxygens (including phenoxy) is 2. The van der Waals surface area contributed by atoms with Gasteiger partial charge in [0, 0.05) is 4.47 Å². The van der Waals surface area contributed by atoms with Crippen LogP contribution in [0.4, 0.5) is 0 Å². The highest BCUT2D eigenvalue weighted by atomic mass is 79.9. The molecule has 0 aliphatic rings. The minimum Gasteiger partial charge on any atom is -0.504 e. The second-order valence-corrected chi connectivity index (χ2v) is 7.46. The van der Waals surface area contributed by atoms with Gasteiger partial charge < -0.3 is 14.6 Å². The fourth-order valence-electron chi connectivity index (χ4n) is 2.48. The first-order chi connectivity index (χ1) is 13.5. The molecule has 2 N–H and O–H groups in total. The van der Waals surface area contributed by atoms with Crippen LogP contribution in [0.25, 0.3) is 10.8 Å². The van der Waals surface area contributed by atoms with Crippen molar-refractivity contribution in [2.24, 2.45) is 5.10 Å². The van der Waals surface area contributed by atoms with Crippen LogP contribution in [0.15, 0.2) is 62.6 Å². The van der Waals surface area contributed by atoms with Crippen molar-refractivity contribution in [2.45, 2.75) is 0 Å². The number of hydrazone groups is 1. The van der Waals surface area contributed by atoms with Gasteiger partial charge >= 0.3 is 0 Å². The Kier molecular flexibility index (Phi) is 6.53. The van der Waals surface area contributed by atoms with Crippen LogP contribution >= 0.6 is 31.9 Å². The van der Waals surface area contributed by atoms with Gasteiger partial charge in [-0.25, -0.2) is 5.43 Å². The summed E-state index contributed by atoms with van der Waals surface area (Å²) in [4.78, 5) is 12.0. The number of hydrogen-bond donors (Lipinski definition) is 2. The van der Waals surface area contributed by atoms with Gasteiger partial charge in [-0.15, -0.1) is 0 Å². The number of fused-ring (bicyclic) bond motifs is 1. The summed E-state index contributed by atoms with van der Waals surface area (Å²) in [5, 5.41) is 15.5. The number of halogens is 2. The fraction of sp³-hybridized carbons (Fsp3) is 0.100. The number of amides is 1. The van der Waals surface area contributed by atoms with Crippen LogP contribution in [0.5, 0.6) is 17.2 Å². The molecule has 0 aliphatic heterocycles. The second kappa shape index (κ2) is 9.07. The summed E-state index contributed by atoms with van der Waals surface area (Å²) in [6.45, 7) is -0.184. The molecule has 0 fully saturated rings. The van der Waals surface area contributed by atoms with Crippen molar-refractivity contribution in [3.05, 3.63) is 63.0 Å². The van der Waals surface area contributed by atoms with Crippen LogP contribution < -0.4 is 14.9 Å². The summed E-state index contributed by atoms with van der Waals surface area (Å²) in [5.41, 5.74) is 3.06. The number of nitrogens with zero attached hydrogens (tertiary/aromatic N) is 1. The third-order valence-electron chi connectivity index (χ3n) is 3.85. The van der Waals surface area contributed by atoms with E-state index < -0.39 is 5.91 Å². The zero-order valence-corrected chi connectivity index (χ0v) is 18.0. The molecule has 8 heteroatoms. The standard InChI is InChI=1S/C20H16Br2N2O4/c1-27-18-8-12(2-6-16(18)25)10-23-24-19(26)11-28-17-7-3-13-9-14(21)4-5-15(13)20(17)22/h2-10,25H,11H2,1H3,(H,24,26). The molecule has 28 heavy (non-hydrogen) atoms. The third kappa shape index (κ3) is 4.82. The van der Waals surface area contributed by atoms with Crippen molar-refractivity contribution < 1.29 is 19.4 Å². The lowest BCUT2D eigenvalue weighted by Crippen LogP contribution is -2.24. The molecule has 0 unspecified atom stereocenters. The highest BCUT2D eigenvalue weighted by Gasteiger charge is 2.09. The molecule has 0 radical (unpaired) electrons. The molecule has 3 aromatic carbocycles. The molecule has 6 nitrogen and oxygen atoms in total. The molecule has 3 rings (SSSR count). The van der Waals surface area contributed by atoms with E-state index >= 15 is 0 Å². The summed E-state index contributed by atoms with van der Waals surface area (Å²) in [6, 6.07) is 14.4. The molecule has 0 heterocycles. The summed E-state index contributed by atoms with van der Waals surface area (Å²) in [6.07, 6.45) is 1.45. The molecular formula is C20H16Br2N2O4. The highest BCUT2D eigenvalue weighted by molar-refractivity contribution is 9.11. The predicted octanol–water partition coefficient (Wildman–Crippen LogP) is 4.61. The quantitative estimate of drug-likeness (QED) is 0.377. The average molecular weight is 508 g/mol. The molecule has 3 aromatic rings. The lowest BCUT2D eigenvalue weighted by atomic mass is 10.1. The van der Waals surface area contributed by atoms with Gasteiger partial charge in [-0.05, 0) is 68.7 Å². The zero-order chi connectivity index (χ0) is 20.1. The summed E-state index contributed by atoms with van der Waals surface area (Å²) in [7, 11) is 1.46. The van der Waals surface area contributed by atoms with Crippen molar-refractivity contribution in [3.63, 3.8) is 0 Å². The van der Waals surface area contributed by atoms with Crippen molar-refractivity contribution in [1.82, 2.24) is 5.43 Å². The molecule has 0 aliphatic carbocycles. The number of carbonyl (C=O) groups excluding carboxylic acids is 1. The number of aromatic hydroxyl groups is 1. The molecule has 0 spiro atoms. The predicted molar refractivity (Wildman–Crippen MR) is 115 cm³/mol. The maximum Gasteiger partial charge on any atom is 0.277 e. The second-order valence-electron chi connectivity index (χ2n) is 5.76. The number of phenolic OH excluding ortho intramolecular Hbond substituents is 1. The Morgan fingerprint density at radius 2 is 1.96 bits per heavy atom. The van der Waals surface area contributed by atoms with Gasteiger partial charge in [-0.2, -0.15) is 5.10 Å². The molecule has 1 amide bonds. The van der Waals surface area contributed by atoms with Crippen molar-refractivity contribution in [3.8, 4) is 17.2 Å². The molecule has 0 atom stereocenters. The van der Waals surface area contributed by atoms with Crippen LogP contribution in [0.3, 0.4) is 0 Å². The molecule has 0 saturated heterocycles. The van der Waals surface area contributed by atoms with E-state index in [2.05, 4.69) is 42.4 Å². The zero-order valence-electron chi connectivity index (χ0n) is 14.8. The van der Waals surface area contributed by atoms with Gasteiger partial charge in [-0.1, -0.05) is 28.1 Å². The van der Waals surface area contributed by atoms with Crippen LogP contribution in [0, 0.1) is 0 Å². The molecular weight excluding hydrogens is 492 g/mol. The van der Waals surface area contributed by atoms with Gasteiger partial charge in [0.2, 0.25) is 0 Å². The molecule has 0 aromatic heterocycles. The number of phenols is 1. The number of rotatable bonds is 6. The van der Waals surface area contributed by atoms with E-state index in [1.807, 2.05) is 24.3 Å². The number of hydrogen-bond acceptors (Lipinski definition) is 5. The topological polar surface area (TPSA) is 80.2 Å². The summed E-state index contributed by atoms with van der Waals surface area (Å²) < 4.78 is 12.4. The number of carbonyl (C=O) groups is 1. The van der Waals surface area contributed by atoms with E-state index in [-0.39, 0.29) is 12.4 Å². The molecule has 0 saturated carbocycles. The van der Waals surface area contributed by atoms with Crippen LogP contribution in [0.1, 0.15) is 5.56 Å². The SMILES string of the molecule is COc1cc(C=NNC(=O)COc2ccc3cc(Br)ccc3c2Br)ccc1O. The van der Waals surface area contributed by atoms with Gasteiger partial charge in [0.25, 0.3) is 5.91 Å². The van der Waals surface area contributed by atoms with Crippen molar-refractivity contribution in [1.29, 1.82) is 0 Å². The average Bonchev–Trinajstić information content (AvgIpc) is 2.68. The van der Waals surface area contributed by atoms with E-state index in [1.165, 1.54) is 19.4 Å². The van der Waals surface area contributed by atoms with E-state index in [0.717, 1.165) is 19.7 Å². The Hall–Kier alpha value is -2.58. The molecule has 0 bridgehead atoms. The van der Waals surface area contributed by atoms with E-state index in [1.54, 1.807) is 18.2 Å².